The van der Waals surface area contributed by atoms with Crippen LogP contribution in [-0.4, -0.2) is 42.6 Å². The van der Waals surface area contributed by atoms with Gasteiger partial charge in [0, 0.05) is 24.9 Å². The van der Waals surface area contributed by atoms with Crippen molar-refractivity contribution in [3.8, 4) is 0 Å². The van der Waals surface area contributed by atoms with E-state index in [2.05, 4.69) is 5.32 Å². The summed E-state index contributed by atoms with van der Waals surface area (Å²) in [6.45, 7) is 1.03. The number of hydrogen-bond acceptors (Lipinski definition) is 3. The van der Waals surface area contributed by atoms with Gasteiger partial charge in [-0.15, -0.1) is 0 Å². The molecule has 5 nitrogen and oxygen atoms in total. The maximum Gasteiger partial charge on any atom is 0.416 e. The van der Waals surface area contributed by atoms with Gasteiger partial charge in [-0.25, -0.2) is 4.79 Å². The number of ether oxygens (including phenoxy) is 1. The Morgan fingerprint density at radius 3 is 2.75 bits per heavy atom. The highest BCUT2D eigenvalue weighted by atomic mass is 19.4. The Balaban J connectivity index is 1.53. The summed E-state index contributed by atoms with van der Waals surface area (Å²) in [5.74, 6) is -0.588. The number of rotatable bonds is 5. The summed E-state index contributed by atoms with van der Waals surface area (Å²) in [5.41, 5.74) is -0.426. The largest absolute Gasteiger partial charge is 0.448 e. The number of cyclic esters (lactones) is 1. The molecule has 0 aromatic heterocycles. The molecule has 2 atom stereocenters. The van der Waals surface area contributed by atoms with Gasteiger partial charge in [-0.1, -0.05) is 18.2 Å². The van der Waals surface area contributed by atoms with Crippen LogP contribution in [0.1, 0.15) is 29.9 Å². The Morgan fingerprint density at radius 1 is 1.33 bits per heavy atom. The van der Waals surface area contributed by atoms with Gasteiger partial charge in [0.2, 0.25) is 5.91 Å². The normalized spacial score (nSPS) is 23.1. The van der Waals surface area contributed by atoms with Crippen LogP contribution in [0.25, 0.3) is 0 Å². The van der Waals surface area contributed by atoms with Crippen molar-refractivity contribution in [2.45, 2.75) is 31.0 Å². The van der Waals surface area contributed by atoms with Crippen molar-refractivity contribution in [3.63, 3.8) is 0 Å². The molecule has 130 valence electrons. The highest BCUT2D eigenvalue weighted by Crippen LogP contribution is 2.46. The molecule has 0 spiro atoms. The van der Waals surface area contributed by atoms with Crippen molar-refractivity contribution in [1.29, 1.82) is 0 Å². The first-order valence-electron chi connectivity index (χ1n) is 7.73. The van der Waals surface area contributed by atoms with Crippen LogP contribution in [0.5, 0.6) is 0 Å². The van der Waals surface area contributed by atoms with E-state index in [-0.39, 0.29) is 36.4 Å². The first-order valence-corrected chi connectivity index (χ1v) is 7.73. The second kappa shape index (κ2) is 6.33. The second-order valence-corrected chi connectivity index (χ2v) is 5.95. The minimum atomic E-state index is -4.40. The zero-order valence-electron chi connectivity index (χ0n) is 12.8. The molecule has 8 heteroatoms. The molecule has 1 aliphatic heterocycles. The molecule has 2 aliphatic rings. The van der Waals surface area contributed by atoms with Crippen LogP contribution >= 0.6 is 0 Å². The second-order valence-electron chi connectivity index (χ2n) is 5.95. The molecule has 1 aromatic carbocycles. The van der Waals surface area contributed by atoms with Crippen molar-refractivity contribution in [3.05, 3.63) is 35.4 Å². The minimum absolute atomic E-state index is 0.110. The number of benzene rings is 1. The van der Waals surface area contributed by atoms with Crippen LogP contribution in [0.4, 0.5) is 18.0 Å². The van der Waals surface area contributed by atoms with Crippen LogP contribution in [0.3, 0.4) is 0 Å². The van der Waals surface area contributed by atoms with Crippen LogP contribution < -0.4 is 5.32 Å². The van der Waals surface area contributed by atoms with Crippen molar-refractivity contribution in [1.82, 2.24) is 10.2 Å². The average Bonchev–Trinajstić information content (AvgIpc) is 3.16. The van der Waals surface area contributed by atoms with Crippen molar-refractivity contribution in [2.75, 3.05) is 19.7 Å². The number of alkyl halides is 3. The monoisotopic (exact) mass is 342 g/mol. The van der Waals surface area contributed by atoms with E-state index >= 15 is 0 Å². The fraction of sp³-hybridized carbons (Fsp3) is 0.500. The summed E-state index contributed by atoms with van der Waals surface area (Å²) in [4.78, 5) is 24.6. The van der Waals surface area contributed by atoms with Gasteiger partial charge in [0.1, 0.15) is 6.61 Å². The van der Waals surface area contributed by atoms with E-state index in [0.29, 0.717) is 19.6 Å². The van der Waals surface area contributed by atoms with Crippen LogP contribution in [0.2, 0.25) is 0 Å². The topological polar surface area (TPSA) is 58.6 Å². The minimum Gasteiger partial charge on any atom is -0.448 e. The van der Waals surface area contributed by atoms with Crippen LogP contribution in [-0.2, 0) is 15.7 Å². The quantitative estimate of drug-likeness (QED) is 0.895. The fourth-order valence-electron chi connectivity index (χ4n) is 2.92. The average molecular weight is 342 g/mol. The number of nitrogens with zero attached hydrogens (tertiary/aromatic N) is 1. The number of carbonyl (C=O) groups excluding carboxylic acids is 2. The van der Waals surface area contributed by atoms with E-state index in [4.69, 9.17) is 4.74 Å². The number of carbonyl (C=O) groups is 2. The zero-order valence-corrected chi connectivity index (χ0v) is 12.8. The maximum atomic E-state index is 13.0. The lowest BCUT2D eigenvalue weighted by Crippen LogP contribution is -2.32. The van der Waals surface area contributed by atoms with Gasteiger partial charge in [0.25, 0.3) is 0 Å². The third-order valence-electron chi connectivity index (χ3n) is 4.26. The molecule has 0 bridgehead atoms. The van der Waals surface area contributed by atoms with E-state index in [1.165, 1.54) is 17.0 Å². The van der Waals surface area contributed by atoms with Gasteiger partial charge in [-0.3, -0.25) is 4.79 Å². The molecule has 1 heterocycles. The van der Waals surface area contributed by atoms with E-state index in [9.17, 15) is 22.8 Å². The highest BCUT2D eigenvalue weighted by Gasteiger charge is 2.44. The van der Waals surface area contributed by atoms with Crippen molar-refractivity contribution in [2.24, 2.45) is 0 Å². The lowest BCUT2D eigenvalue weighted by atomic mass is 10.0. The van der Waals surface area contributed by atoms with Gasteiger partial charge >= 0.3 is 12.3 Å². The predicted octanol–water partition coefficient (Wildman–Crippen LogP) is 2.52. The number of halogens is 3. The molecular formula is C16H17F3N2O3. The lowest BCUT2D eigenvalue weighted by Gasteiger charge is -2.13. The molecule has 24 heavy (non-hydrogen) atoms. The summed E-state index contributed by atoms with van der Waals surface area (Å²) < 4.78 is 43.8. The summed E-state index contributed by atoms with van der Waals surface area (Å²) in [5, 5.41) is 2.73. The smallest absolute Gasteiger partial charge is 0.416 e. The third kappa shape index (κ3) is 3.63. The van der Waals surface area contributed by atoms with Crippen molar-refractivity contribution >= 4 is 12.0 Å². The highest BCUT2D eigenvalue weighted by molar-refractivity contribution is 5.78. The van der Waals surface area contributed by atoms with Gasteiger partial charge in [-0.2, -0.15) is 13.2 Å². The number of nitrogens with one attached hydrogen (secondary N) is 1. The summed E-state index contributed by atoms with van der Waals surface area (Å²) >= 11 is 0. The molecule has 1 saturated carbocycles. The number of amides is 2. The molecule has 1 saturated heterocycles. The molecule has 2 amide bonds. The summed E-state index contributed by atoms with van der Waals surface area (Å²) in [6, 6.07) is 5.16. The van der Waals surface area contributed by atoms with E-state index in [0.717, 1.165) is 6.07 Å². The van der Waals surface area contributed by atoms with Gasteiger partial charge in [0.05, 0.1) is 12.1 Å². The van der Waals surface area contributed by atoms with E-state index in [1.807, 2.05) is 0 Å². The Bertz CT molecular complexity index is 648. The Kier molecular flexibility index (Phi) is 4.38. The molecule has 0 radical (unpaired) electrons. The Morgan fingerprint density at radius 2 is 2.08 bits per heavy atom. The molecule has 1 N–H and O–H groups in total. The molecule has 1 aromatic rings. The number of hydrogen-bond donors (Lipinski definition) is 1. The Hall–Kier alpha value is -2.25. The summed E-state index contributed by atoms with van der Waals surface area (Å²) in [7, 11) is 0. The SMILES string of the molecule is O=C(CCN1CCOC1=O)N[C@@H]1C[C@@H]1c1ccccc1C(F)(F)F. The van der Waals surface area contributed by atoms with Gasteiger partial charge < -0.3 is 15.0 Å². The molecule has 0 unspecified atom stereocenters. The van der Waals surface area contributed by atoms with Crippen molar-refractivity contribution < 1.29 is 27.5 Å². The van der Waals surface area contributed by atoms with Crippen LogP contribution in [0.15, 0.2) is 24.3 Å². The fourth-order valence-corrected chi connectivity index (χ4v) is 2.92. The third-order valence-corrected chi connectivity index (χ3v) is 4.26. The molecule has 2 fully saturated rings. The standard InChI is InChI=1S/C16H17F3N2O3/c17-16(18,19)12-4-2-1-3-10(12)11-9-13(11)20-14(22)5-6-21-7-8-24-15(21)23/h1-4,11,13H,5-9H2,(H,20,22)/t11-,13-/m1/s1. The molecular weight excluding hydrogens is 325 g/mol. The first kappa shape index (κ1) is 16.6. The Labute approximate surface area is 136 Å². The van der Waals surface area contributed by atoms with Gasteiger partial charge in [0.15, 0.2) is 0 Å². The lowest BCUT2D eigenvalue weighted by molar-refractivity contribution is -0.138. The van der Waals surface area contributed by atoms with E-state index < -0.39 is 17.8 Å². The molecule has 3 rings (SSSR count). The van der Waals surface area contributed by atoms with E-state index in [1.54, 1.807) is 6.07 Å². The maximum absolute atomic E-state index is 13.0. The zero-order chi connectivity index (χ0) is 17.3. The van der Waals surface area contributed by atoms with Gasteiger partial charge in [-0.05, 0) is 18.1 Å². The predicted molar refractivity (Wildman–Crippen MR) is 78.3 cm³/mol. The first-order chi connectivity index (χ1) is 11.4. The molecule has 1 aliphatic carbocycles. The summed E-state index contributed by atoms with van der Waals surface area (Å²) in [6.07, 6.45) is -4.24. The van der Waals surface area contributed by atoms with Crippen LogP contribution in [0, 0.1) is 0 Å².